The van der Waals surface area contributed by atoms with E-state index in [0.717, 1.165) is 67.4 Å². The third-order valence-corrected chi connectivity index (χ3v) is 7.54. The number of aliphatic hydroxyl groups excluding tert-OH is 1. The summed E-state index contributed by atoms with van der Waals surface area (Å²) in [4.78, 5) is 6.69. The van der Waals surface area contributed by atoms with Gasteiger partial charge in [-0.15, -0.1) is 0 Å². The summed E-state index contributed by atoms with van der Waals surface area (Å²) in [5.41, 5.74) is 2.23. The quantitative estimate of drug-likeness (QED) is 0.384. The minimum atomic E-state index is -0.400. The van der Waals surface area contributed by atoms with Crippen molar-refractivity contribution in [2.24, 2.45) is 5.41 Å². The Bertz CT molecular complexity index is 1250. The van der Waals surface area contributed by atoms with Crippen molar-refractivity contribution in [1.82, 2.24) is 9.88 Å². The van der Waals surface area contributed by atoms with Crippen LogP contribution >= 0.6 is 23.2 Å². The summed E-state index contributed by atoms with van der Waals surface area (Å²) in [6, 6.07) is 10.4. The Hall–Kier alpha value is -2.36. The van der Waals surface area contributed by atoms with Gasteiger partial charge in [0.05, 0.1) is 29.8 Å². The lowest BCUT2D eigenvalue weighted by atomic mass is 9.75. The van der Waals surface area contributed by atoms with Gasteiger partial charge in [0, 0.05) is 23.2 Å². The van der Waals surface area contributed by atoms with Crippen LogP contribution in [0.25, 0.3) is 10.9 Å². The molecule has 2 aromatic carbocycles. The van der Waals surface area contributed by atoms with E-state index in [-0.39, 0.29) is 12.0 Å². The third-order valence-electron chi connectivity index (χ3n) is 6.98. The molecule has 2 heterocycles. The molecule has 0 amide bonds. The summed E-state index contributed by atoms with van der Waals surface area (Å²) in [6.45, 7) is 2.45. The predicted molar refractivity (Wildman–Crippen MR) is 140 cm³/mol. The fraction of sp³-hybridized carbons (Fsp3) is 0.393. The molecular weight excluding hydrogens is 486 g/mol. The van der Waals surface area contributed by atoms with Crippen LogP contribution in [0.1, 0.15) is 36.8 Å². The van der Waals surface area contributed by atoms with Crippen molar-refractivity contribution < 1.29 is 14.2 Å². The SMILES string of the molecule is COc1ccc2ncc(Cl)c(CCCC3(CO)CCN(CC#Cc4ccc(Cl)cc4F)CC3)c2c1. The Balaban J connectivity index is 1.34. The number of hydrogen-bond donors (Lipinski definition) is 1. The number of rotatable bonds is 7. The number of benzene rings is 2. The van der Waals surface area contributed by atoms with E-state index >= 15 is 0 Å². The van der Waals surface area contributed by atoms with E-state index in [1.807, 2.05) is 18.2 Å². The molecule has 3 aromatic rings. The molecule has 0 bridgehead atoms. The molecule has 0 saturated carbocycles. The molecule has 0 radical (unpaired) electrons. The van der Waals surface area contributed by atoms with Crippen LogP contribution in [-0.2, 0) is 6.42 Å². The molecule has 4 rings (SSSR count). The zero-order chi connectivity index (χ0) is 24.8. The van der Waals surface area contributed by atoms with Crippen molar-refractivity contribution in [3.05, 3.63) is 69.6 Å². The Labute approximate surface area is 216 Å². The molecule has 0 unspecified atom stereocenters. The average molecular weight is 515 g/mol. The van der Waals surface area contributed by atoms with Gasteiger partial charge in [0.1, 0.15) is 11.6 Å². The summed E-state index contributed by atoms with van der Waals surface area (Å²) in [5.74, 6) is 6.36. The van der Waals surface area contributed by atoms with E-state index in [0.29, 0.717) is 22.2 Å². The first-order valence-corrected chi connectivity index (χ1v) is 12.6. The molecule has 7 heteroatoms. The number of hydrogen-bond acceptors (Lipinski definition) is 4. The van der Waals surface area contributed by atoms with Gasteiger partial charge in [0.2, 0.25) is 0 Å². The Kier molecular flexibility index (Phi) is 8.51. The standard InChI is InChI=1S/C28H29Cl2FN2O2/c1-35-22-8-9-27-24(17-22)23(25(30)18-32-27)5-2-10-28(19-34)11-14-33(15-12-28)13-3-4-20-6-7-21(29)16-26(20)31/h6-9,16-18,34H,2,5,10-15,19H2,1H3. The molecule has 0 aliphatic carbocycles. The summed E-state index contributed by atoms with van der Waals surface area (Å²) >= 11 is 12.3. The highest BCUT2D eigenvalue weighted by molar-refractivity contribution is 6.32. The minimum Gasteiger partial charge on any atom is -0.497 e. The lowest BCUT2D eigenvalue weighted by Gasteiger charge is -2.40. The van der Waals surface area contributed by atoms with E-state index in [1.54, 1.807) is 25.4 Å². The van der Waals surface area contributed by atoms with E-state index in [2.05, 4.69) is 21.7 Å². The fourth-order valence-corrected chi connectivity index (χ4v) is 5.14. The largest absolute Gasteiger partial charge is 0.497 e. The van der Waals surface area contributed by atoms with Crippen molar-refractivity contribution in [2.45, 2.75) is 32.1 Å². The second kappa shape index (κ2) is 11.6. The van der Waals surface area contributed by atoms with Crippen LogP contribution < -0.4 is 4.74 Å². The van der Waals surface area contributed by atoms with Crippen LogP contribution in [0.5, 0.6) is 5.75 Å². The van der Waals surface area contributed by atoms with Crippen LogP contribution in [-0.4, -0.2) is 48.3 Å². The van der Waals surface area contributed by atoms with E-state index in [1.165, 1.54) is 6.07 Å². The molecule has 1 aliphatic rings. The number of methoxy groups -OCH3 is 1. The molecule has 1 fully saturated rings. The van der Waals surface area contributed by atoms with Crippen LogP contribution in [0.2, 0.25) is 10.0 Å². The maximum absolute atomic E-state index is 13.9. The highest BCUT2D eigenvalue weighted by Gasteiger charge is 2.33. The average Bonchev–Trinajstić information content (AvgIpc) is 2.87. The molecule has 35 heavy (non-hydrogen) atoms. The number of halogens is 3. The molecule has 1 saturated heterocycles. The second-order valence-electron chi connectivity index (χ2n) is 9.18. The molecular formula is C28H29Cl2FN2O2. The molecule has 1 aliphatic heterocycles. The van der Waals surface area contributed by atoms with Crippen molar-refractivity contribution in [3.8, 4) is 17.6 Å². The van der Waals surface area contributed by atoms with Gasteiger partial charge < -0.3 is 9.84 Å². The van der Waals surface area contributed by atoms with Crippen LogP contribution in [0.3, 0.4) is 0 Å². The van der Waals surface area contributed by atoms with E-state index < -0.39 is 5.82 Å². The number of nitrogens with zero attached hydrogens (tertiary/aromatic N) is 2. The number of ether oxygens (including phenoxy) is 1. The van der Waals surface area contributed by atoms with Gasteiger partial charge in [-0.2, -0.15) is 0 Å². The summed E-state index contributed by atoms with van der Waals surface area (Å²) in [7, 11) is 1.65. The lowest BCUT2D eigenvalue weighted by Crippen LogP contribution is -2.42. The van der Waals surface area contributed by atoms with Crippen LogP contribution in [0, 0.1) is 23.1 Å². The summed E-state index contributed by atoms with van der Waals surface area (Å²) in [5, 5.41) is 12.3. The second-order valence-corrected chi connectivity index (χ2v) is 10.0. The smallest absolute Gasteiger partial charge is 0.140 e. The molecule has 184 valence electrons. The van der Waals surface area contributed by atoms with Gasteiger partial charge in [-0.05, 0) is 92.6 Å². The first-order valence-electron chi connectivity index (χ1n) is 11.8. The number of aliphatic hydroxyl groups is 1. The Morgan fingerprint density at radius 3 is 2.69 bits per heavy atom. The lowest BCUT2D eigenvalue weighted by molar-refractivity contribution is 0.0401. The minimum absolute atomic E-state index is 0.0980. The fourth-order valence-electron chi connectivity index (χ4n) is 4.73. The normalized spacial score (nSPS) is 15.6. The number of likely N-dealkylation sites (tertiary alicyclic amines) is 1. The maximum atomic E-state index is 13.9. The van der Waals surface area contributed by atoms with Gasteiger partial charge in [-0.25, -0.2) is 4.39 Å². The number of piperidine rings is 1. The van der Waals surface area contributed by atoms with Crippen molar-refractivity contribution in [1.29, 1.82) is 0 Å². The van der Waals surface area contributed by atoms with Gasteiger partial charge >= 0.3 is 0 Å². The molecule has 4 nitrogen and oxygen atoms in total. The van der Waals surface area contributed by atoms with Gasteiger partial charge in [-0.3, -0.25) is 9.88 Å². The topological polar surface area (TPSA) is 45.6 Å². The first kappa shape index (κ1) is 25.7. The van der Waals surface area contributed by atoms with Gasteiger partial charge in [0.25, 0.3) is 0 Å². The van der Waals surface area contributed by atoms with Crippen LogP contribution in [0.15, 0.2) is 42.6 Å². The van der Waals surface area contributed by atoms with Gasteiger partial charge in [0.15, 0.2) is 0 Å². The van der Waals surface area contributed by atoms with E-state index in [9.17, 15) is 9.50 Å². The third kappa shape index (κ3) is 6.26. The molecule has 1 N–H and O–H groups in total. The van der Waals surface area contributed by atoms with Crippen LogP contribution in [0.4, 0.5) is 4.39 Å². The number of fused-ring (bicyclic) bond motifs is 1. The number of aryl methyl sites for hydroxylation is 1. The monoisotopic (exact) mass is 514 g/mol. The van der Waals surface area contributed by atoms with Gasteiger partial charge in [-0.1, -0.05) is 35.0 Å². The summed E-state index contributed by atoms with van der Waals surface area (Å²) < 4.78 is 19.3. The summed E-state index contributed by atoms with van der Waals surface area (Å²) in [6.07, 6.45) is 6.17. The first-order chi connectivity index (χ1) is 16.9. The highest BCUT2D eigenvalue weighted by atomic mass is 35.5. The zero-order valence-electron chi connectivity index (χ0n) is 19.8. The van der Waals surface area contributed by atoms with Crippen molar-refractivity contribution in [2.75, 3.05) is 33.4 Å². The van der Waals surface area contributed by atoms with E-state index in [4.69, 9.17) is 27.9 Å². The molecule has 0 atom stereocenters. The predicted octanol–water partition coefficient (Wildman–Crippen LogP) is 6.14. The maximum Gasteiger partial charge on any atom is 0.140 e. The Morgan fingerprint density at radius 1 is 1.17 bits per heavy atom. The highest BCUT2D eigenvalue weighted by Crippen LogP contribution is 2.37. The number of pyridine rings is 1. The zero-order valence-corrected chi connectivity index (χ0v) is 21.3. The molecule has 1 aromatic heterocycles. The molecule has 0 spiro atoms. The van der Waals surface area contributed by atoms with Crippen molar-refractivity contribution >= 4 is 34.1 Å². The Morgan fingerprint density at radius 2 is 1.97 bits per heavy atom. The van der Waals surface area contributed by atoms with Crippen molar-refractivity contribution in [3.63, 3.8) is 0 Å². The number of aromatic nitrogens is 1.